The van der Waals surface area contributed by atoms with E-state index in [-0.39, 0.29) is 0 Å². The molecule has 2 rings (SSSR count). The second-order valence-corrected chi connectivity index (χ2v) is 16.5. The lowest BCUT2D eigenvalue weighted by Crippen LogP contribution is -2.01. The molecule has 0 bridgehead atoms. The van der Waals surface area contributed by atoms with Crippen molar-refractivity contribution in [2.24, 2.45) is 0 Å². The summed E-state index contributed by atoms with van der Waals surface area (Å²) in [6.45, 7) is 6.93. The van der Waals surface area contributed by atoms with Crippen LogP contribution in [0.5, 0.6) is 11.5 Å². The minimum Gasteiger partial charge on any atom is -0.457 e. The lowest BCUT2D eigenvalue weighted by molar-refractivity contribution is 0.464. The summed E-state index contributed by atoms with van der Waals surface area (Å²) < 4.78 is 6.89. The average molecular weight is 717 g/mol. The molecule has 0 radical (unpaired) electrons. The second-order valence-electron chi connectivity index (χ2n) is 16.5. The van der Waals surface area contributed by atoms with E-state index in [2.05, 4.69) is 63.2 Å². The highest BCUT2D eigenvalue weighted by Crippen LogP contribution is 2.33. The third kappa shape index (κ3) is 24.5. The molecule has 0 aliphatic rings. The normalized spacial score (nSPS) is 11.4. The Labute approximate surface area is 326 Å². The average Bonchev–Trinajstić information content (AvgIpc) is 3.16. The summed E-state index contributed by atoms with van der Waals surface area (Å²) in [6.07, 6.45) is 49.6. The molecule has 2 aromatic rings. The first kappa shape index (κ1) is 46.4. The molecular weight excluding hydrogens is 629 g/mol. The van der Waals surface area contributed by atoms with Crippen molar-refractivity contribution in [3.05, 3.63) is 59.2 Å². The number of rotatable bonds is 38. The minimum atomic E-state index is 1.08. The van der Waals surface area contributed by atoms with Crippen LogP contribution in [0.2, 0.25) is 0 Å². The Morgan fingerprint density at radius 3 is 1.02 bits per heavy atom. The van der Waals surface area contributed by atoms with Crippen LogP contribution in [0.25, 0.3) is 0 Å². The summed E-state index contributed by atoms with van der Waals surface area (Å²) in [7, 11) is 0. The van der Waals surface area contributed by atoms with Gasteiger partial charge in [0.05, 0.1) is 0 Å². The van der Waals surface area contributed by atoms with Gasteiger partial charge < -0.3 is 4.74 Å². The van der Waals surface area contributed by atoms with Crippen LogP contribution in [0.4, 0.5) is 0 Å². The van der Waals surface area contributed by atoms with Gasteiger partial charge in [0, 0.05) is 0 Å². The molecule has 0 saturated heterocycles. The number of hydrogen-bond donors (Lipinski definition) is 0. The maximum Gasteiger partial charge on any atom is 0.130 e. The van der Waals surface area contributed by atoms with Crippen molar-refractivity contribution < 1.29 is 4.74 Å². The Bertz CT molecular complexity index is 1040. The molecule has 0 aromatic heterocycles. The molecule has 52 heavy (non-hydrogen) atoms. The van der Waals surface area contributed by atoms with Crippen LogP contribution in [0, 0.1) is 0 Å². The molecule has 0 heterocycles. The van der Waals surface area contributed by atoms with E-state index < -0.39 is 0 Å². The van der Waals surface area contributed by atoms with Gasteiger partial charge in [-0.1, -0.05) is 244 Å². The van der Waals surface area contributed by atoms with Gasteiger partial charge in [-0.2, -0.15) is 0 Å². The zero-order valence-electron chi connectivity index (χ0n) is 35.4. The Morgan fingerprint density at radius 1 is 0.288 bits per heavy atom. The molecule has 0 aliphatic carbocycles. The number of aryl methyl sites for hydroxylation is 2. The van der Waals surface area contributed by atoms with Gasteiger partial charge in [0.25, 0.3) is 0 Å². The predicted octanol–water partition coefficient (Wildman–Crippen LogP) is 18.0. The first-order valence-corrected chi connectivity index (χ1v) is 23.7. The van der Waals surface area contributed by atoms with Gasteiger partial charge in [-0.15, -0.1) is 0 Å². The Balaban J connectivity index is 1.86. The molecule has 0 atom stereocenters. The zero-order valence-corrected chi connectivity index (χ0v) is 35.4. The van der Waals surface area contributed by atoms with Crippen molar-refractivity contribution in [3.8, 4) is 11.5 Å². The smallest absolute Gasteiger partial charge is 0.130 e. The lowest BCUT2D eigenvalue weighted by atomic mass is 9.95. The topological polar surface area (TPSA) is 9.23 Å². The van der Waals surface area contributed by atoms with Crippen molar-refractivity contribution in [3.63, 3.8) is 0 Å². The Morgan fingerprint density at radius 2 is 0.596 bits per heavy atom. The fraction of sp³-hybridized carbons (Fsp3) is 0.765. The van der Waals surface area contributed by atoms with E-state index in [9.17, 15) is 0 Å². The van der Waals surface area contributed by atoms with E-state index in [1.807, 2.05) is 0 Å². The Kier molecular flexibility index (Phi) is 31.2. The van der Waals surface area contributed by atoms with Crippen molar-refractivity contribution in [2.75, 3.05) is 0 Å². The maximum absolute atomic E-state index is 6.89. The molecule has 0 saturated carbocycles. The largest absolute Gasteiger partial charge is 0.457 e. The van der Waals surface area contributed by atoms with Crippen LogP contribution >= 0.6 is 0 Å². The molecule has 0 fully saturated rings. The van der Waals surface area contributed by atoms with E-state index in [0.29, 0.717) is 0 Å². The second kappa shape index (κ2) is 35.0. The van der Waals surface area contributed by atoms with Gasteiger partial charge in [0.2, 0.25) is 0 Å². The monoisotopic (exact) mass is 717 g/mol. The lowest BCUT2D eigenvalue weighted by Gasteiger charge is -2.18. The van der Waals surface area contributed by atoms with Gasteiger partial charge in [-0.25, -0.2) is 0 Å². The van der Waals surface area contributed by atoms with Crippen LogP contribution in [0.15, 0.2) is 42.5 Å². The summed E-state index contributed by atoms with van der Waals surface area (Å²) in [6, 6.07) is 15.8. The predicted molar refractivity (Wildman–Crippen MR) is 233 cm³/mol. The number of benzene rings is 2. The first-order chi connectivity index (χ1) is 25.8. The standard InChI is InChI=1S/C51H88O/c1-4-7-10-13-16-19-22-25-28-31-34-40-47-43-39-46-51(49(47)44-36-33-30-27-24-21-18-15-12-9-6-3)52-50-45-38-37-42-48(50)41-35-32-29-26-23-20-17-14-11-8-5-2/h37-39,42-43,45-46H,4-36,40-41,44H2,1-3H3. The van der Waals surface area contributed by atoms with Crippen LogP contribution in [-0.4, -0.2) is 0 Å². The highest BCUT2D eigenvalue weighted by molar-refractivity contribution is 5.45. The molecule has 0 unspecified atom stereocenters. The van der Waals surface area contributed by atoms with Crippen molar-refractivity contribution >= 4 is 0 Å². The summed E-state index contributed by atoms with van der Waals surface area (Å²) in [5, 5.41) is 0. The summed E-state index contributed by atoms with van der Waals surface area (Å²) in [5.74, 6) is 2.21. The number of unbranched alkanes of at least 4 members (excludes halogenated alkanes) is 30. The number of ether oxygens (including phenoxy) is 1. The van der Waals surface area contributed by atoms with Crippen LogP contribution in [0.1, 0.15) is 249 Å². The third-order valence-electron chi connectivity index (χ3n) is 11.6. The van der Waals surface area contributed by atoms with E-state index in [0.717, 1.165) is 24.3 Å². The first-order valence-electron chi connectivity index (χ1n) is 23.7. The molecule has 1 heteroatoms. The molecule has 298 valence electrons. The molecule has 1 nitrogen and oxygen atoms in total. The zero-order chi connectivity index (χ0) is 37.0. The van der Waals surface area contributed by atoms with Crippen LogP contribution < -0.4 is 4.74 Å². The summed E-state index contributed by atoms with van der Waals surface area (Å²) in [5.41, 5.74) is 4.42. The van der Waals surface area contributed by atoms with Crippen molar-refractivity contribution in [2.45, 2.75) is 252 Å². The maximum atomic E-state index is 6.89. The summed E-state index contributed by atoms with van der Waals surface area (Å²) in [4.78, 5) is 0. The van der Waals surface area contributed by atoms with E-state index in [1.165, 1.54) is 229 Å². The highest BCUT2D eigenvalue weighted by atomic mass is 16.5. The molecule has 0 spiro atoms. The molecule has 0 aliphatic heterocycles. The minimum absolute atomic E-state index is 1.08. The van der Waals surface area contributed by atoms with Gasteiger partial charge in [-0.05, 0) is 67.3 Å². The van der Waals surface area contributed by atoms with E-state index >= 15 is 0 Å². The number of para-hydroxylation sites is 1. The highest BCUT2D eigenvalue weighted by Gasteiger charge is 2.13. The SMILES string of the molecule is CCCCCCCCCCCCCc1ccccc1Oc1cccc(CCCCCCCCCCCCC)c1CCCCCCCCCCCCC. The van der Waals surface area contributed by atoms with Gasteiger partial charge >= 0.3 is 0 Å². The van der Waals surface area contributed by atoms with Crippen LogP contribution in [-0.2, 0) is 19.3 Å². The quantitative estimate of drug-likeness (QED) is 0.0629. The fourth-order valence-corrected chi connectivity index (χ4v) is 8.08. The van der Waals surface area contributed by atoms with Crippen LogP contribution in [0.3, 0.4) is 0 Å². The van der Waals surface area contributed by atoms with Crippen molar-refractivity contribution in [1.82, 2.24) is 0 Å². The van der Waals surface area contributed by atoms with Gasteiger partial charge in [-0.3, -0.25) is 0 Å². The van der Waals surface area contributed by atoms with Crippen molar-refractivity contribution in [1.29, 1.82) is 0 Å². The molecule has 0 amide bonds. The third-order valence-corrected chi connectivity index (χ3v) is 11.6. The summed E-state index contributed by atoms with van der Waals surface area (Å²) >= 11 is 0. The Hall–Kier alpha value is -1.76. The number of hydrogen-bond acceptors (Lipinski definition) is 1. The van der Waals surface area contributed by atoms with E-state index in [1.54, 1.807) is 5.56 Å². The van der Waals surface area contributed by atoms with Gasteiger partial charge in [0.15, 0.2) is 0 Å². The molecule has 2 aromatic carbocycles. The fourth-order valence-electron chi connectivity index (χ4n) is 8.08. The molecule has 0 N–H and O–H groups in total. The molecular formula is C51H88O. The van der Waals surface area contributed by atoms with E-state index in [4.69, 9.17) is 4.74 Å². The van der Waals surface area contributed by atoms with Gasteiger partial charge in [0.1, 0.15) is 11.5 Å².